The van der Waals surface area contributed by atoms with E-state index in [2.05, 4.69) is 15.9 Å². The van der Waals surface area contributed by atoms with E-state index in [1.807, 2.05) is 12.1 Å². The highest BCUT2D eigenvalue weighted by atomic mass is 79.9. The minimum atomic E-state index is -0.880. The topological polar surface area (TPSA) is 63.6 Å². The van der Waals surface area contributed by atoms with E-state index in [1.165, 1.54) is 0 Å². The summed E-state index contributed by atoms with van der Waals surface area (Å²) in [5, 5.41) is 8.89. The maximum absolute atomic E-state index is 10.9. The van der Waals surface area contributed by atoms with Gasteiger partial charge in [0, 0.05) is 10.0 Å². The van der Waals surface area contributed by atoms with Gasteiger partial charge < -0.3 is 9.84 Å². The van der Waals surface area contributed by atoms with Crippen molar-refractivity contribution in [2.45, 2.75) is 13.0 Å². The smallest absolute Gasteiger partial charge is 0.307 e. The Morgan fingerprint density at radius 2 is 1.90 bits per heavy atom. The number of hydrogen-bond acceptors (Lipinski definition) is 3. The fraction of sp³-hybridized carbons (Fsp3) is 0.125. The van der Waals surface area contributed by atoms with Crippen LogP contribution >= 0.6 is 15.9 Å². The number of rotatable bonds is 6. The number of aliphatic carboxylic acids is 1. The molecular weight excluding hydrogens is 336 g/mol. The van der Waals surface area contributed by atoms with Gasteiger partial charge in [-0.1, -0.05) is 40.2 Å². The van der Waals surface area contributed by atoms with E-state index in [9.17, 15) is 9.59 Å². The molecule has 2 rings (SSSR count). The molecule has 0 fully saturated rings. The molecule has 0 aliphatic rings. The largest absolute Gasteiger partial charge is 0.489 e. The summed E-state index contributed by atoms with van der Waals surface area (Å²) < 4.78 is 6.34. The second-order valence-electron chi connectivity index (χ2n) is 4.43. The first-order valence-corrected chi connectivity index (χ1v) is 7.05. The Hall–Kier alpha value is -2.14. The normalized spacial score (nSPS) is 10.1. The Bertz CT molecular complexity index is 667. The lowest BCUT2D eigenvalue weighted by Crippen LogP contribution is -2.06. The Morgan fingerprint density at radius 3 is 2.57 bits per heavy atom. The van der Waals surface area contributed by atoms with Crippen molar-refractivity contribution in [1.82, 2.24) is 0 Å². The van der Waals surface area contributed by atoms with E-state index >= 15 is 0 Å². The standard InChI is InChI=1S/C16H13BrO4/c17-15-6-5-14(7-13(15)9-18)21-10-12-4-2-1-3-11(12)8-16(19)20/h1-7,9H,8,10H2,(H,19,20). The molecule has 0 spiro atoms. The lowest BCUT2D eigenvalue weighted by Gasteiger charge is -2.10. The van der Waals surface area contributed by atoms with Gasteiger partial charge in [0.05, 0.1) is 6.42 Å². The van der Waals surface area contributed by atoms with Crippen LogP contribution in [-0.2, 0) is 17.8 Å². The molecule has 0 amide bonds. The van der Waals surface area contributed by atoms with Crippen LogP contribution in [0, 0.1) is 0 Å². The molecule has 1 N–H and O–H groups in total. The molecule has 0 aliphatic heterocycles. The van der Waals surface area contributed by atoms with Gasteiger partial charge in [-0.3, -0.25) is 9.59 Å². The van der Waals surface area contributed by atoms with Crippen molar-refractivity contribution in [3.8, 4) is 5.75 Å². The van der Waals surface area contributed by atoms with Gasteiger partial charge in [0.15, 0.2) is 6.29 Å². The minimum absolute atomic E-state index is 0.0422. The summed E-state index contributed by atoms with van der Waals surface area (Å²) in [7, 11) is 0. The number of halogens is 1. The first-order valence-electron chi connectivity index (χ1n) is 6.26. The number of ether oxygens (including phenoxy) is 1. The van der Waals surface area contributed by atoms with Crippen LogP contribution in [0.2, 0.25) is 0 Å². The van der Waals surface area contributed by atoms with Gasteiger partial charge in [0.25, 0.3) is 0 Å². The molecule has 2 aromatic carbocycles. The summed E-state index contributed by atoms with van der Waals surface area (Å²) in [5.41, 5.74) is 2.04. The van der Waals surface area contributed by atoms with Crippen molar-refractivity contribution in [2.24, 2.45) is 0 Å². The van der Waals surface area contributed by atoms with E-state index in [0.717, 1.165) is 17.4 Å². The third kappa shape index (κ3) is 4.16. The Labute approximate surface area is 130 Å². The predicted molar refractivity (Wildman–Crippen MR) is 81.6 cm³/mol. The van der Waals surface area contributed by atoms with Gasteiger partial charge in [0.1, 0.15) is 12.4 Å². The van der Waals surface area contributed by atoms with E-state index in [4.69, 9.17) is 9.84 Å². The van der Waals surface area contributed by atoms with Crippen molar-refractivity contribution in [3.05, 3.63) is 63.6 Å². The summed E-state index contributed by atoms with van der Waals surface area (Å²) >= 11 is 3.27. The van der Waals surface area contributed by atoms with Crippen molar-refractivity contribution in [3.63, 3.8) is 0 Å². The van der Waals surface area contributed by atoms with E-state index in [0.29, 0.717) is 15.8 Å². The molecule has 0 aliphatic carbocycles. The quantitative estimate of drug-likeness (QED) is 0.812. The molecule has 2 aromatic rings. The van der Waals surface area contributed by atoms with Gasteiger partial charge in [-0.2, -0.15) is 0 Å². The number of carbonyl (C=O) groups is 2. The van der Waals surface area contributed by atoms with Crippen molar-refractivity contribution in [2.75, 3.05) is 0 Å². The van der Waals surface area contributed by atoms with Crippen LogP contribution in [0.15, 0.2) is 46.9 Å². The van der Waals surface area contributed by atoms with Crippen LogP contribution in [0.25, 0.3) is 0 Å². The van der Waals surface area contributed by atoms with Crippen LogP contribution in [0.5, 0.6) is 5.75 Å². The predicted octanol–water partition coefficient (Wildman–Crippen LogP) is 3.47. The summed E-state index contributed by atoms with van der Waals surface area (Å²) in [4.78, 5) is 21.7. The van der Waals surface area contributed by atoms with Gasteiger partial charge >= 0.3 is 5.97 Å². The van der Waals surface area contributed by atoms with Crippen LogP contribution in [0.3, 0.4) is 0 Å². The maximum Gasteiger partial charge on any atom is 0.307 e. The number of carbonyl (C=O) groups excluding carboxylic acids is 1. The molecular formula is C16H13BrO4. The Balaban J connectivity index is 2.13. The number of benzene rings is 2. The monoisotopic (exact) mass is 348 g/mol. The number of aldehydes is 1. The van der Waals surface area contributed by atoms with Crippen molar-refractivity contribution in [1.29, 1.82) is 0 Å². The molecule has 4 nitrogen and oxygen atoms in total. The maximum atomic E-state index is 10.9. The fourth-order valence-electron chi connectivity index (χ4n) is 1.90. The van der Waals surface area contributed by atoms with Crippen LogP contribution in [-0.4, -0.2) is 17.4 Å². The zero-order valence-corrected chi connectivity index (χ0v) is 12.7. The van der Waals surface area contributed by atoms with E-state index in [-0.39, 0.29) is 13.0 Å². The highest BCUT2D eigenvalue weighted by Gasteiger charge is 2.07. The number of carboxylic acid groups (broad SMARTS) is 1. The van der Waals surface area contributed by atoms with Crippen molar-refractivity contribution >= 4 is 28.2 Å². The van der Waals surface area contributed by atoms with E-state index in [1.54, 1.807) is 30.3 Å². The molecule has 0 atom stereocenters. The first-order chi connectivity index (χ1) is 10.1. The average Bonchev–Trinajstić information content (AvgIpc) is 2.47. The summed E-state index contributed by atoms with van der Waals surface area (Å²) in [6, 6.07) is 12.4. The molecule has 0 saturated heterocycles. The third-order valence-corrected chi connectivity index (χ3v) is 3.67. The molecule has 0 saturated carbocycles. The molecule has 0 heterocycles. The molecule has 5 heteroatoms. The zero-order chi connectivity index (χ0) is 15.2. The average molecular weight is 349 g/mol. The van der Waals surface area contributed by atoms with Crippen molar-refractivity contribution < 1.29 is 19.4 Å². The molecule has 0 aromatic heterocycles. The lowest BCUT2D eigenvalue weighted by atomic mass is 10.1. The number of hydrogen-bond donors (Lipinski definition) is 1. The molecule has 21 heavy (non-hydrogen) atoms. The molecule has 0 bridgehead atoms. The second kappa shape index (κ2) is 7.04. The Kier molecular flexibility index (Phi) is 5.11. The van der Waals surface area contributed by atoms with E-state index < -0.39 is 5.97 Å². The Morgan fingerprint density at radius 1 is 1.19 bits per heavy atom. The van der Waals surface area contributed by atoms with Gasteiger partial charge in [-0.15, -0.1) is 0 Å². The fourth-order valence-corrected chi connectivity index (χ4v) is 2.24. The van der Waals surface area contributed by atoms with Gasteiger partial charge in [0.2, 0.25) is 0 Å². The number of carboxylic acids is 1. The lowest BCUT2D eigenvalue weighted by molar-refractivity contribution is -0.136. The minimum Gasteiger partial charge on any atom is -0.489 e. The van der Waals surface area contributed by atoms with Crippen LogP contribution in [0.4, 0.5) is 0 Å². The highest BCUT2D eigenvalue weighted by Crippen LogP contribution is 2.22. The highest BCUT2D eigenvalue weighted by molar-refractivity contribution is 9.10. The first kappa shape index (κ1) is 15.3. The summed E-state index contributed by atoms with van der Waals surface area (Å²) in [6.07, 6.45) is 0.703. The molecule has 0 unspecified atom stereocenters. The molecule has 0 radical (unpaired) electrons. The van der Waals surface area contributed by atoms with Gasteiger partial charge in [-0.25, -0.2) is 0 Å². The molecule has 108 valence electrons. The summed E-state index contributed by atoms with van der Waals surface area (Å²) in [6.45, 7) is 0.253. The SMILES string of the molecule is O=Cc1cc(OCc2ccccc2CC(=O)O)ccc1Br. The second-order valence-corrected chi connectivity index (χ2v) is 5.28. The van der Waals surface area contributed by atoms with Crippen LogP contribution in [0.1, 0.15) is 21.5 Å². The zero-order valence-electron chi connectivity index (χ0n) is 11.1. The third-order valence-electron chi connectivity index (χ3n) is 2.95. The summed E-state index contributed by atoms with van der Waals surface area (Å²) in [5.74, 6) is -0.320. The van der Waals surface area contributed by atoms with Crippen LogP contribution < -0.4 is 4.74 Å². The van der Waals surface area contributed by atoms with Gasteiger partial charge in [-0.05, 0) is 29.3 Å².